The summed E-state index contributed by atoms with van der Waals surface area (Å²) in [5, 5.41) is 21.0. The third kappa shape index (κ3) is 3.50. The molecule has 26 heavy (non-hydrogen) atoms. The molecule has 3 N–H and O–H groups in total. The maximum absolute atomic E-state index is 12.6. The summed E-state index contributed by atoms with van der Waals surface area (Å²) < 4.78 is 5.15. The number of carbonyl (C=O) groups excluding carboxylic acids is 1. The molecular formula is C18H24N2O6. The van der Waals surface area contributed by atoms with Crippen LogP contribution < -0.4 is 10.1 Å². The van der Waals surface area contributed by atoms with E-state index in [1.54, 1.807) is 50.2 Å². The van der Waals surface area contributed by atoms with Crippen LogP contribution in [0.5, 0.6) is 5.75 Å². The number of aliphatic carboxylic acids is 2. The number of benzene rings is 1. The molecule has 1 saturated heterocycles. The van der Waals surface area contributed by atoms with E-state index >= 15 is 0 Å². The Morgan fingerprint density at radius 1 is 1.27 bits per heavy atom. The molecule has 1 heterocycles. The second-order valence-electron chi connectivity index (χ2n) is 6.44. The van der Waals surface area contributed by atoms with Gasteiger partial charge >= 0.3 is 11.9 Å². The Balaban J connectivity index is 2.41. The fraction of sp³-hybridized carbons (Fsp3) is 0.500. The number of ether oxygens (including phenoxy) is 1. The first-order chi connectivity index (χ1) is 12.3. The number of likely N-dealkylation sites (N-methyl/N-ethyl adjacent to an activating group) is 1. The summed E-state index contributed by atoms with van der Waals surface area (Å²) >= 11 is 0. The van der Waals surface area contributed by atoms with E-state index < -0.39 is 41.9 Å². The van der Waals surface area contributed by atoms with Crippen LogP contribution in [0.3, 0.4) is 0 Å². The minimum atomic E-state index is -1.18. The predicted octanol–water partition coefficient (Wildman–Crippen LogP) is 1.12. The average molecular weight is 364 g/mol. The van der Waals surface area contributed by atoms with Gasteiger partial charge in [0, 0.05) is 6.04 Å². The summed E-state index contributed by atoms with van der Waals surface area (Å²) in [5.74, 6) is -2.62. The van der Waals surface area contributed by atoms with Gasteiger partial charge in [0.15, 0.2) is 0 Å². The lowest BCUT2D eigenvalue weighted by Gasteiger charge is -2.34. The van der Waals surface area contributed by atoms with Gasteiger partial charge in [0.2, 0.25) is 5.91 Å². The maximum atomic E-state index is 12.6. The normalized spacial score (nSPS) is 25.7. The lowest BCUT2D eigenvalue weighted by Crippen LogP contribution is -2.48. The highest BCUT2D eigenvalue weighted by Gasteiger charge is 2.56. The zero-order valence-electron chi connectivity index (χ0n) is 15.1. The van der Waals surface area contributed by atoms with Crippen molar-refractivity contribution in [3.05, 3.63) is 29.8 Å². The first-order valence-electron chi connectivity index (χ1n) is 8.36. The Labute approximate surface area is 151 Å². The zero-order valence-corrected chi connectivity index (χ0v) is 15.1. The van der Waals surface area contributed by atoms with E-state index in [4.69, 9.17) is 9.84 Å². The first kappa shape index (κ1) is 19.7. The number of amides is 1. The number of rotatable bonds is 7. The van der Waals surface area contributed by atoms with Crippen LogP contribution in [0.25, 0.3) is 0 Å². The molecule has 2 rings (SSSR count). The van der Waals surface area contributed by atoms with Crippen LogP contribution in [0.2, 0.25) is 0 Å². The predicted molar refractivity (Wildman–Crippen MR) is 92.9 cm³/mol. The van der Waals surface area contributed by atoms with Crippen LogP contribution in [-0.4, -0.2) is 59.2 Å². The molecule has 1 aliphatic rings. The Hall–Kier alpha value is -2.61. The van der Waals surface area contributed by atoms with Gasteiger partial charge in [0.1, 0.15) is 17.8 Å². The van der Waals surface area contributed by atoms with Crippen LogP contribution in [0, 0.1) is 5.92 Å². The Kier molecular flexibility index (Phi) is 5.86. The quantitative estimate of drug-likeness (QED) is 0.664. The molecule has 0 saturated carbocycles. The van der Waals surface area contributed by atoms with Crippen LogP contribution in [0.4, 0.5) is 0 Å². The Bertz CT molecular complexity index is 689. The second-order valence-corrected chi connectivity index (χ2v) is 6.44. The smallest absolute Gasteiger partial charge is 0.324 e. The van der Waals surface area contributed by atoms with Gasteiger partial charge < -0.3 is 20.3 Å². The molecule has 3 atom stereocenters. The largest absolute Gasteiger partial charge is 0.497 e. The van der Waals surface area contributed by atoms with E-state index in [9.17, 15) is 19.5 Å². The van der Waals surface area contributed by atoms with Gasteiger partial charge in [-0.2, -0.15) is 0 Å². The van der Waals surface area contributed by atoms with E-state index in [1.165, 1.54) is 0 Å². The number of carboxylic acids is 2. The average Bonchev–Trinajstić information content (AvgIpc) is 2.93. The summed E-state index contributed by atoms with van der Waals surface area (Å²) in [4.78, 5) is 37.1. The van der Waals surface area contributed by atoms with Crippen molar-refractivity contribution in [1.82, 2.24) is 10.2 Å². The van der Waals surface area contributed by atoms with Gasteiger partial charge in [-0.05, 0) is 37.6 Å². The number of methoxy groups -OCH3 is 1. The molecule has 1 aromatic carbocycles. The van der Waals surface area contributed by atoms with Crippen LogP contribution in [0.1, 0.15) is 31.4 Å². The SMILES string of the molecule is CC[C@]1(C(=O)O)C[C@@H](C(=O)NCC(=O)O)[C@@H](c2ccc(OC)cc2)N1C. The van der Waals surface area contributed by atoms with Crippen molar-refractivity contribution in [1.29, 1.82) is 0 Å². The van der Waals surface area contributed by atoms with E-state index in [0.717, 1.165) is 5.56 Å². The summed E-state index contributed by atoms with van der Waals surface area (Å²) in [6.07, 6.45) is 0.436. The molecule has 1 aromatic rings. The van der Waals surface area contributed by atoms with Gasteiger partial charge in [-0.3, -0.25) is 19.3 Å². The van der Waals surface area contributed by atoms with Crippen molar-refractivity contribution in [3.63, 3.8) is 0 Å². The van der Waals surface area contributed by atoms with Gasteiger partial charge in [-0.25, -0.2) is 0 Å². The molecule has 0 aliphatic carbocycles. The highest BCUT2D eigenvalue weighted by molar-refractivity contribution is 5.87. The summed E-state index contributed by atoms with van der Waals surface area (Å²) in [5.41, 5.74) is -0.407. The van der Waals surface area contributed by atoms with Crippen molar-refractivity contribution in [2.45, 2.75) is 31.3 Å². The van der Waals surface area contributed by atoms with Gasteiger partial charge in [0.25, 0.3) is 0 Å². The molecule has 1 aliphatic heterocycles. The molecule has 8 nitrogen and oxygen atoms in total. The number of carbonyl (C=O) groups is 3. The molecule has 142 valence electrons. The highest BCUT2D eigenvalue weighted by Crippen LogP contribution is 2.47. The maximum Gasteiger partial charge on any atom is 0.324 e. The van der Waals surface area contributed by atoms with E-state index in [2.05, 4.69) is 5.32 Å². The van der Waals surface area contributed by atoms with Crippen LogP contribution in [-0.2, 0) is 14.4 Å². The highest BCUT2D eigenvalue weighted by atomic mass is 16.5. The van der Waals surface area contributed by atoms with Crippen molar-refractivity contribution >= 4 is 17.8 Å². The van der Waals surface area contributed by atoms with Crippen molar-refractivity contribution < 1.29 is 29.3 Å². The fourth-order valence-electron chi connectivity index (χ4n) is 3.73. The molecule has 0 unspecified atom stereocenters. The monoisotopic (exact) mass is 364 g/mol. The second kappa shape index (κ2) is 7.74. The molecule has 0 spiro atoms. The molecule has 1 fully saturated rings. The minimum absolute atomic E-state index is 0.109. The van der Waals surface area contributed by atoms with Gasteiger partial charge in [0.05, 0.1) is 13.0 Å². The number of hydrogen-bond acceptors (Lipinski definition) is 5. The molecule has 0 aromatic heterocycles. The first-order valence-corrected chi connectivity index (χ1v) is 8.36. The zero-order chi connectivity index (χ0) is 19.5. The number of hydrogen-bond donors (Lipinski definition) is 3. The Morgan fingerprint density at radius 2 is 1.88 bits per heavy atom. The van der Waals surface area contributed by atoms with Crippen molar-refractivity contribution in [2.24, 2.45) is 5.92 Å². The molecule has 0 radical (unpaired) electrons. The third-order valence-electron chi connectivity index (χ3n) is 5.22. The summed E-state index contributed by atoms with van der Waals surface area (Å²) in [6, 6.07) is 6.62. The lowest BCUT2D eigenvalue weighted by molar-refractivity contribution is -0.150. The van der Waals surface area contributed by atoms with Crippen molar-refractivity contribution in [2.75, 3.05) is 20.7 Å². The minimum Gasteiger partial charge on any atom is -0.497 e. The number of nitrogens with zero attached hydrogens (tertiary/aromatic N) is 1. The Morgan fingerprint density at radius 3 is 2.35 bits per heavy atom. The molecule has 0 bridgehead atoms. The molecule has 8 heteroatoms. The van der Waals surface area contributed by atoms with E-state index in [-0.39, 0.29) is 6.42 Å². The molecule has 1 amide bonds. The van der Waals surface area contributed by atoms with Crippen LogP contribution >= 0.6 is 0 Å². The number of nitrogens with one attached hydrogen (secondary N) is 1. The fourth-order valence-corrected chi connectivity index (χ4v) is 3.73. The van der Waals surface area contributed by atoms with E-state index in [1.807, 2.05) is 0 Å². The number of likely N-dealkylation sites (tertiary alicyclic amines) is 1. The van der Waals surface area contributed by atoms with E-state index in [0.29, 0.717) is 12.2 Å². The number of carboxylic acid groups (broad SMARTS) is 2. The lowest BCUT2D eigenvalue weighted by atomic mass is 9.87. The van der Waals surface area contributed by atoms with Gasteiger partial charge in [-0.15, -0.1) is 0 Å². The summed E-state index contributed by atoms with van der Waals surface area (Å²) in [6.45, 7) is 1.27. The molecular weight excluding hydrogens is 340 g/mol. The standard InChI is InChI=1S/C18H24N2O6/c1-4-18(17(24)25)9-13(16(23)19-10-14(21)22)15(20(18)2)11-5-7-12(26-3)8-6-11/h5-8,13,15H,4,9-10H2,1-3H3,(H,19,23)(H,21,22)(H,24,25)/t13-,15-,18-/m1/s1. The van der Waals surface area contributed by atoms with Gasteiger partial charge in [-0.1, -0.05) is 19.1 Å². The van der Waals surface area contributed by atoms with Crippen molar-refractivity contribution in [3.8, 4) is 5.75 Å². The summed E-state index contributed by atoms with van der Waals surface area (Å²) in [7, 11) is 3.24. The third-order valence-corrected chi connectivity index (χ3v) is 5.22. The topological polar surface area (TPSA) is 116 Å². The van der Waals surface area contributed by atoms with Crippen LogP contribution in [0.15, 0.2) is 24.3 Å².